The zero-order valence-corrected chi connectivity index (χ0v) is 8.91. The molecule has 1 heterocycles. The number of halogens is 3. The van der Waals surface area contributed by atoms with Gasteiger partial charge in [-0.05, 0) is 6.92 Å². The molecule has 0 aliphatic heterocycles. The maximum Gasteiger partial charge on any atom is 0.194 e. The third kappa shape index (κ3) is 1.91. The Balaban J connectivity index is 2.57. The number of hydrogen-bond acceptors (Lipinski definition) is 2. The molecule has 0 radical (unpaired) electrons. The third-order valence-corrected chi connectivity index (χ3v) is 2.49. The van der Waals surface area contributed by atoms with Crippen molar-refractivity contribution in [1.82, 2.24) is 9.78 Å². The van der Waals surface area contributed by atoms with E-state index in [1.807, 2.05) is 0 Å². The van der Waals surface area contributed by atoms with Gasteiger partial charge in [-0.25, -0.2) is 17.9 Å². The van der Waals surface area contributed by atoms with Crippen molar-refractivity contribution in [3.8, 4) is 5.69 Å². The minimum atomic E-state index is -1.51. The van der Waals surface area contributed by atoms with Crippen molar-refractivity contribution in [2.45, 2.75) is 13.5 Å². The van der Waals surface area contributed by atoms with Crippen molar-refractivity contribution in [1.29, 1.82) is 0 Å². The summed E-state index contributed by atoms with van der Waals surface area (Å²) in [6, 6.07) is 1.69. The quantitative estimate of drug-likeness (QED) is 0.819. The average Bonchev–Trinajstić information content (AvgIpc) is 2.66. The Labute approximate surface area is 95.1 Å². The lowest BCUT2D eigenvalue weighted by Crippen LogP contribution is -2.03. The van der Waals surface area contributed by atoms with Crippen LogP contribution in [-0.2, 0) is 6.61 Å². The predicted molar refractivity (Wildman–Crippen MR) is 54.1 cm³/mol. The summed E-state index contributed by atoms with van der Waals surface area (Å²) in [5, 5.41) is 12.8. The van der Waals surface area contributed by atoms with Crippen molar-refractivity contribution in [3.63, 3.8) is 0 Å². The molecule has 0 saturated heterocycles. The van der Waals surface area contributed by atoms with Crippen LogP contribution < -0.4 is 0 Å². The zero-order valence-electron chi connectivity index (χ0n) is 8.91. The van der Waals surface area contributed by atoms with Gasteiger partial charge in [-0.15, -0.1) is 0 Å². The fourth-order valence-corrected chi connectivity index (χ4v) is 1.52. The SMILES string of the molecule is Cc1c(CO)cnn1-c1cc(F)c(F)c(F)c1. The van der Waals surface area contributed by atoms with Crippen LogP contribution in [0.3, 0.4) is 0 Å². The zero-order chi connectivity index (χ0) is 12.6. The molecule has 90 valence electrons. The van der Waals surface area contributed by atoms with Gasteiger partial charge in [0.25, 0.3) is 0 Å². The second-order valence-electron chi connectivity index (χ2n) is 3.55. The van der Waals surface area contributed by atoms with Crippen LogP contribution in [0.2, 0.25) is 0 Å². The summed E-state index contributed by atoms with van der Waals surface area (Å²) in [4.78, 5) is 0. The average molecular weight is 242 g/mol. The molecule has 1 aromatic heterocycles. The number of aliphatic hydroxyl groups is 1. The Morgan fingerprint density at radius 3 is 2.29 bits per heavy atom. The van der Waals surface area contributed by atoms with Gasteiger partial charge in [0.2, 0.25) is 0 Å². The van der Waals surface area contributed by atoms with Crippen molar-refractivity contribution in [2.24, 2.45) is 0 Å². The van der Waals surface area contributed by atoms with Crippen LogP contribution in [0.1, 0.15) is 11.3 Å². The molecule has 0 spiro atoms. The summed E-state index contributed by atoms with van der Waals surface area (Å²) in [5.41, 5.74) is 1.15. The van der Waals surface area contributed by atoms with E-state index in [2.05, 4.69) is 5.10 Å². The number of aliphatic hydroxyl groups excluding tert-OH is 1. The molecular weight excluding hydrogens is 233 g/mol. The monoisotopic (exact) mass is 242 g/mol. The largest absolute Gasteiger partial charge is 0.392 e. The molecule has 17 heavy (non-hydrogen) atoms. The molecule has 0 amide bonds. The van der Waals surface area contributed by atoms with E-state index in [0.29, 0.717) is 11.3 Å². The Bertz CT molecular complexity index is 543. The van der Waals surface area contributed by atoms with Crippen LogP contribution >= 0.6 is 0 Å². The van der Waals surface area contributed by atoms with E-state index in [4.69, 9.17) is 5.11 Å². The first-order chi connectivity index (χ1) is 8.04. The highest BCUT2D eigenvalue weighted by molar-refractivity contribution is 5.36. The number of hydrogen-bond donors (Lipinski definition) is 1. The molecule has 0 atom stereocenters. The first-order valence-corrected chi connectivity index (χ1v) is 4.84. The highest BCUT2D eigenvalue weighted by atomic mass is 19.2. The minimum Gasteiger partial charge on any atom is -0.392 e. The second kappa shape index (κ2) is 4.21. The standard InChI is InChI=1S/C11H9F3N2O/c1-6-7(5-17)4-15-16(6)8-2-9(12)11(14)10(13)3-8/h2-4,17H,5H2,1H3. The molecule has 0 saturated carbocycles. The molecule has 0 aliphatic rings. The van der Waals surface area contributed by atoms with E-state index >= 15 is 0 Å². The van der Waals surface area contributed by atoms with Gasteiger partial charge in [0, 0.05) is 23.4 Å². The van der Waals surface area contributed by atoms with Crippen LogP contribution in [0.4, 0.5) is 13.2 Å². The molecule has 0 unspecified atom stereocenters. The van der Waals surface area contributed by atoms with Crippen LogP contribution in [-0.4, -0.2) is 14.9 Å². The molecule has 3 nitrogen and oxygen atoms in total. The number of rotatable bonds is 2. The lowest BCUT2D eigenvalue weighted by molar-refractivity contribution is 0.281. The van der Waals surface area contributed by atoms with E-state index in [1.165, 1.54) is 10.9 Å². The summed E-state index contributed by atoms with van der Waals surface area (Å²) in [5.74, 6) is -4.07. The van der Waals surface area contributed by atoms with Crippen molar-refractivity contribution in [2.75, 3.05) is 0 Å². The first kappa shape index (κ1) is 11.7. The van der Waals surface area contributed by atoms with Gasteiger partial charge >= 0.3 is 0 Å². The summed E-state index contributed by atoms with van der Waals surface area (Å²) < 4.78 is 40.1. The maximum atomic E-state index is 13.0. The normalized spacial score (nSPS) is 10.9. The Hall–Kier alpha value is -1.82. The predicted octanol–water partition coefficient (Wildman–Crippen LogP) is 2.09. The molecule has 1 N–H and O–H groups in total. The third-order valence-electron chi connectivity index (χ3n) is 2.49. The summed E-state index contributed by atoms with van der Waals surface area (Å²) in [7, 11) is 0. The van der Waals surface area contributed by atoms with Gasteiger partial charge in [-0.1, -0.05) is 0 Å². The Kier molecular flexibility index (Phi) is 2.89. The number of benzene rings is 1. The van der Waals surface area contributed by atoms with Gasteiger partial charge in [0.05, 0.1) is 18.5 Å². The minimum absolute atomic E-state index is 0.0681. The van der Waals surface area contributed by atoms with E-state index in [0.717, 1.165) is 12.1 Å². The van der Waals surface area contributed by atoms with Gasteiger partial charge in [0.1, 0.15) is 0 Å². The lowest BCUT2D eigenvalue weighted by atomic mass is 10.2. The topological polar surface area (TPSA) is 38.1 Å². The molecule has 1 aromatic carbocycles. The molecule has 6 heteroatoms. The van der Waals surface area contributed by atoms with Gasteiger partial charge < -0.3 is 5.11 Å². The van der Waals surface area contributed by atoms with Gasteiger partial charge in [-0.3, -0.25) is 0 Å². The van der Waals surface area contributed by atoms with E-state index in [9.17, 15) is 13.2 Å². The van der Waals surface area contributed by atoms with Crippen molar-refractivity contribution < 1.29 is 18.3 Å². The van der Waals surface area contributed by atoms with Crippen LogP contribution in [0.25, 0.3) is 5.69 Å². The van der Waals surface area contributed by atoms with Gasteiger partial charge in [0.15, 0.2) is 17.5 Å². The van der Waals surface area contributed by atoms with Crippen molar-refractivity contribution >= 4 is 0 Å². The second-order valence-corrected chi connectivity index (χ2v) is 3.55. The van der Waals surface area contributed by atoms with Crippen LogP contribution in [0.15, 0.2) is 18.3 Å². The van der Waals surface area contributed by atoms with Crippen molar-refractivity contribution in [3.05, 3.63) is 47.0 Å². The van der Waals surface area contributed by atoms with Crippen LogP contribution in [0.5, 0.6) is 0 Å². The summed E-state index contributed by atoms with van der Waals surface area (Å²) in [6.45, 7) is 1.41. The lowest BCUT2D eigenvalue weighted by Gasteiger charge is -2.06. The fraction of sp³-hybridized carbons (Fsp3) is 0.182. The number of aromatic nitrogens is 2. The summed E-state index contributed by atoms with van der Waals surface area (Å²) >= 11 is 0. The van der Waals surface area contributed by atoms with E-state index in [1.54, 1.807) is 6.92 Å². The molecule has 2 rings (SSSR count). The Morgan fingerprint density at radius 2 is 1.82 bits per heavy atom. The maximum absolute atomic E-state index is 13.0. The molecule has 0 bridgehead atoms. The van der Waals surface area contributed by atoms with Crippen LogP contribution in [0, 0.1) is 24.4 Å². The molecule has 0 aliphatic carbocycles. The van der Waals surface area contributed by atoms with E-state index in [-0.39, 0.29) is 12.3 Å². The summed E-state index contributed by atoms with van der Waals surface area (Å²) in [6.07, 6.45) is 1.38. The molecular formula is C11H9F3N2O. The fourth-order valence-electron chi connectivity index (χ4n) is 1.52. The Morgan fingerprint density at radius 1 is 1.24 bits per heavy atom. The molecule has 0 fully saturated rings. The molecule has 2 aromatic rings. The number of nitrogens with zero attached hydrogens (tertiary/aromatic N) is 2. The first-order valence-electron chi connectivity index (χ1n) is 4.84. The van der Waals surface area contributed by atoms with E-state index < -0.39 is 17.5 Å². The van der Waals surface area contributed by atoms with Gasteiger partial charge in [-0.2, -0.15) is 5.10 Å². The highest BCUT2D eigenvalue weighted by Gasteiger charge is 2.14. The highest BCUT2D eigenvalue weighted by Crippen LogP contribution is 2.19. The smallest absolute Gasteiger partial charge is 0.194 e.